The number of hydrogen-bond donors (Lipinski definition) is 2. The van der Waals surface area contributed by atoms with Crippen molar-refractivity contribution in [1.29, 1.82) is 0 Å². The van der Waals surface area contributed by atoms with Crippen molar-refractivity contribution in [2.24, 2.45) is 74.9 Å². The van der Waals surface area contributed by atoms with Crippen molar-refractivity contribution in [2.75, 3.05) is 0 Å². The summed E-state index contributed by atoms with van der Waals surface area (Å²) in [5.41, 5.74) is 2.13. The monoisotopic (exact) mass is 716 g/mol. The Labute approximate surface area is 311 Å². The normalized spacial score (nSPS) is 46.1. The number of ketones is 4. The summed E-state index contributed by atoms with van der Waals surface area (Å²) < 4.78 is 0. The molecule has 2 N–H and O–H groups in total. The van der Waals surface area contributed by atoms with Gasteiger partial charge in [0.1, 0.15) is 11.6 Å². The first-order valence-corrected chi connectivity index (χ1v) is 21.0. The van der Waals surface area contributed by atoms with Crippen molar-refractivity contribution >= 4 is 29.1 Å². The predicted molar refractivity (Wildman–Crippen MR) is 199 cm³/mol. The highest BCUT2D eigenvalue weighted by molar-refractivity contribution is 5.92. The molecule has 0 spiro atoms. The van der Waals surface area contributed by atoms with Crippen LogP contribution >= 0.6 is 0 Å². The molecule has 8 aliphatic carbocycles. The van der Waals surface area contributed by atoms with Gasteiger partial charge < -0.3 is 10.2 Å². The molecule has 0 aliphatic heterocycles. The first kappa shape index (κ1) is 37.9. The zero-order chi connectivity index (χ0) is 37.5. The van der Waals surface area contributed by atoms with E-state index in [0.717, 1.165) is 77.0 Å². The zero-order valence-corrected chi connectivity index (χ0v) is 32.7. The van der Waals surface area contributed by atoms with Crippen LogP contribution in [0.1, 0.15) is 144 Å². The molecule has 0 aromatic heterocycles. The Bertz CT molecular complexity index is 1590. The number of rotatable bonds is 5. The second kappa shape index (κ2) is 13.4. The molecule has 4 unspecified atom stereocenters. The summed E-state index contributed by atoms with van der Waals surface area (Å²) in [6.45, 7) is 13.0. The van der Waals surface area contributed by atoms with Crippen molar-refractivity contribution in [1.82, 2.24) is 0 Å². The maximum atomic E-state index is 12.7. The molecular formula is C45H64O7. The molecule has 0 radical (unpaired) electrons. The Morgan fingerprint density at radius 1 is 0.635 bits per heavy atom. The van der Waals surface area contributed by atoms with Crippen LogP contribution in [0.4, 0.5) is 0 Å². The molecular weight excluding hydrogens is 652 g/mol. The van der Waals surface area contributed by atoms with Crippen LogP contribution in [0.2, 0.25) is 0 Å². The number of carboxylic acid groups (broad SMARTS) is 1. The molecule has 6 fully saturated rings. The Hall–Kier alpha value is -2.41. The predicted octanol–water partition coefficient (Wildman–Crippen LogP) is 8.51. The largest absolute Gasteiger partial charge is 0.481 e. The molecule has 52 heavy (non-hydrogen) atoms. The maximum absolute atomic E-state index is 12.7. The van der Waals surface area contributed by atoms with Gasteiger partial charge in [-0.05, 0) is 147 Å². The molecule has 0 heterocycles. The molecule has 0 amide bonds. The Kier molecular flexibility index (Phi) is 9.77. The third-order valence-electron chi connectivity index (χ3n) is 17.7. The fraction of sp³-hybridized carbons (Fsp3) is 0.800. The summed E-state index contributed by atoms with van der Waals surface area (Å²) in [6, 6.07) is 0. The van der Waals surface area contributed by atoms with E-state index in [1.165, 1.54) is 11.1 Å². The van der Waals surface area contributed by atoms with Crippen molar-refractivity contribution in [3.63, 3.8) is 0 Å². The van der Waals surface area contributed by atoms with Crippen LogP contribution in [0.15, 0.2) is 23.3 Å². The number of fused-ring (bicyclic) bond motifs is 10. The minimum Gasteiger partial charge on any atom is -0.481 e. The summed E-state index contributed by atoms with van der Waals surface area (Å²) in [5.74, 6) is 2.76. The number of aliphatic hydroxyl groups excluding tert-OH is 1. The van der Waals surface area contributed by atoms with Crippen LogP contribution in [0.3, 0.4) is 0 Å². The molecule has 7 nitrogen and oxygen atoms in total. The van der Waals surface area contributed by atoms with Crippen LogP contribution in [0.25, 0.3) is 0 Å². The van der Waals surface area contributed by atoms with E-state index in [1.54, 1.807) is 0 Å². The lowest BCUT2D eigenvalue weighted by Gasteiger charge is -2.60. The highest BCUT2D eigenvalue weighted by Gasteiger charge is 2.64. The van der Waals surface area contributed by atoms with E-state index in [2.05, 4.69) is 34.6 Å². The highest BCUT2D eigenvalue weighted by atomic mass is 16.4. The topological polar surface area (TPSA) is 126 Å². The molecule has 0 saturated heterocycles. The molecule has 6 saturated carbocycles. The molecule has 0 bridgehead atoms. The molecule has 7 heteroatoms. The van der Waals surface area contributed by atoms with Crippen LogP contribution in [0.5, 0.6) is 0 Å². The second-order valence-corrected chi connectivity index (χ2v) is 19.6. The summed E-state index contributed by atoms with van der Waals surface area (Å²) in [4.78, 5) is 61.6. The van der Waals surface area contributed by atoms with Crippen molar-refractivity contribution in [3.8, 4) is 0 Å². The van der Waals surface area contributed by atoms with E-state index in [0.29, 0.717) is 66.8 Å². The van der Waals surface area contributed by atoms with Gasteiger partial charge in [0.2, 0.25) is 0 Å². The van der Waals surface area contributed by atoms with Crippen molar-refractivity contribution in [3.05, 3.63) is 23.3 Å². The second-order valence-electron chi connectivity index (χ2n) is 19.6. The molecule has 8 rings (SSSR count). The van der Waals surface area contributed by atoms with Gasteiger partial charge in [-0.25, -0.2) is 0 Å². The van der Waals surface area contributed by atoms with E-state index in [4.69, 9.17) is 0 Å². The van der Waals surface area contributed by atoms with Gasteiger partial charge in [-0.15, -0.1) is 0 Å². The van der Waals surface area contributed by atoms with Crippen LogP contribution in [-0.2, 0) is 24.0 Å². The van der Waals surface area contributed by atoms with Gasteiger partial charge in [0.25, 0.3) is 0 Å². The number of hydrogen-bond acceptors (Lipinski definition) is 6. The molecule has 286 valence electrons. The zero-order valence-electron chi connectivity index (χ0n) is 32.7. The summed E-state index contributed by atoms with van der Waals surface area (Å²) in [7, 11) is 0. The third-order valence-corrected chi connectivity index (χ3v) is 17.7. The van der Waals surface area contributed by atoms with Crippen LogP contribution < -0.4 is 0 Å². The summed E-state index contributed by atoms with van der Waals surface area (Å²) in [5, 5.41) is 20.8. The minimum absolute atomic E-state index is 0.00115. The quantitative estimate of drug-likeness (QED) is 0.292. The number of allylic oxidation sites excluding steroid dienone is 2. The number of aliphatic carboxylic acids is 1. The standard InChI is InChI=1S/C23H32O4.C22H32O3/c1-4-15(21(26)27)16-12-13-11-14(24)7-9-22(13,2)18-8-10-23(3)17(20(16)18)5-6-19(23)25;1-4-18(24)15-12-13-11-14(23)7-9-21(13,2)17-8-10-22(3)16(20(15)17)5-6-19(22)25/h11,15-18,20H,4-10,12H2,1-3H3,(H,26,27);11,15-18,20,24H,4-10,12H2,1-3H3/t15?,16?,17-,18-,20-,22-,23-;15?,16-,17-,18?,20-,21-,22-/m00/s1. The van der Waals surface area contributed by atoms with Gasteiger partial charge in [-0.2, -0.15) is 0 Å². The van der Waals surface area contributed by atoms with Crippen LogP contribution in [0, 0.1) is 74.9 Å². The Morgan fingerprint density at radius 3 is 1.48 bits per heavy atom. The van der Waals surface area contributed by atoms with E-state index < -0.39 is 11.9 Å². The number of carboxylic acids is 1. The highest BCUT2D eigenvalue weighted by Crippen LogP contribution is 2.68. The lowest BCUT2D eigenvalue weighted by molar-refractivity contribution is -0.151. The van der Waals surface area contributed by atoms with Gasteiger partial charge >= 0.3 is 5.97 Å². The lowest BCUT2D eigenvalue weighted by Crippen LogP contribution is -2.55. The summed E-state index contributed by atoms with van der Waals surface area (Å²) >= 11 is 0. The minimum atomic E-state index is -0.718. The SMILES string of the molecule is CCC(C(=O)O)C1CC2=CC(=O)CC[C@]2(C)[C@H]2CC[C@]3(C)C(=O)CC[C@H]3[C@H]12.CCC(O)C1CC2=CC(=O)CC[C@]2(C)[C@H]2CC[C@]3(C)C(=O)CC[C@H]3[C@H]12. The van der Waals surface area contributed by atoms with Gasteiger partial charge in [0.05, 0.1) is 12.0 Å². The van der Waals surface area contributed by atoms with Gasteiger partial charge in [0.15, 0.2) is 11.6 Å². The van der Waals surface area contributed by atoms with E-state index >= 15 is 0 Å². The van der Waals surface area contributed by atoms with Crippen LogP contribution in [-0.4, -0.2) is 45.4 Å². The van der Waals surface area contributed by atoms with E-state index in [1.807, 2.05) is 19.1 Å². The first-order chi connectivity index (χ1) is 24.5. The van der Waals surface area contributed by atoms with Gasteiger partial charge in [-0.3, -0.25) is 24.0 Å². The average molecular weight is 717 g/mol. The third kappa shape index (κ3) is 5.62. The Balaban J connectivity index is 0.000000162. The number of carbonyl (C=O) groups excluding carboxylic acids is 4. The van der Waals surface area contributed by atoms with E-state index in [9.17, 15) is 34.2 Å². The number of carbonyl (C=O) groups is 5. The fourth-order valence-electron chi connectivity index (χ4n) is 14.5. The van der Waals surface area contributed by atoms with E-state index in [-0.39, 0.29) is 57.1 Å². The molecule has 0 aromatic rings. The van der Waals surface area contributed by atoms with Gasteiger partial charge in [0, 0.05) is 36.5 Å². The molecule has 8 aliphatic rings. The van der Waals surface area contributed by atoms with Crippen molar-refractivity contribution < 1.29 is 34.2 Å². The smallest absolute Gasteiger partial charge is 0.306 e. The Morgan fingerprint density at radius 2 is 1.06 bits per heavy atom. The molecule has 14 atom stereocenters. The maximum Gasteiger partial charge on any atom is 0.306 e. The summed E-state index contributed by atoms with van der Waals surface area (Å²) in [6.07, 6.45) is 16.7. The fourth-order valence-corrected chi connectivity index (χ4v) is 14.5. The lowest BCUT2D eigenvalue weighted by atomic mass is 9.44. The molecule has 0 aromatic carbocycles. The number of Topliss-reactive ketones (excluding diaryl/α,β-unsaturated/α-hetero) is 2. The number of aliphatic hydroxyl groups is 1. The van der Waals surface area contributed by atoms with Crippen molar-refractivity contribution in [2.45, 2.75) is 150 Å². The average Bonchev–Trinajstić information content (AvgIpc) is 3.59. The van der Waals surface area contributed by atoms with Gasteiger partial charge in [-0.1, -0.05) is 52.7 Å². The first-order valence-electron chi connectivity index (χ1n) is 21.0.